The van der Waals surface area contributed by atoms with Gasteiger partial charge in [0, 0.05) is 17.1 Å². The smallest absolute Gasteiger partial charge is 0.318 e. The minimum atomic E-state index is -0.886. The Morgan fingerprint density at radius 2 is 2.04 bits per heavy atom. The number of nitrogens with two attached hydrogens (primary N) is 1. The number of aromatic nitrogens is 3. The van der Waals surface area contributed by atoms with E-state index in [2.05, 4.69) is 24.0 Å². The largest absolute Gasteiger partial charge is 0.351 e. The number of hydrogen-bond donors (Lipinski definition) is 2. The van der Waals surface area contributed by atoms with Gasteiger partial charge in [0.05, 0.1) is 10.8 Å². The molecule has 3 N–H and O–H groups in total. The molecule has 0 spiro atoms. The topological polar surface area (TPSA) is 103 Å². The van der Waals surface area contributed by atoms with Crippen LogP contribution in [0, 0.1) is 5.92 Å². The number of nitrogens with zero attached hydrogens (tertiary/aromatic N) is 3. The third kappa shape index (κ3) is 5.35. The molecular weight excluding hydrogens is 385 g/mol. The van der Waals surface area contributed by atoms with Crippen LogP contribution >= 0.6 is 35.0 Å². The second-order valence-corrected chi connectivity index (χ2v) is 7.42. The fraction of sp³-hybridized carbons (Fsp3) is 0.333. The van der Waals surface area contributed by atoms with E-state index in [1.165, 1.54) is 0 Å². The first kappa shape index (κ1) is 19.6. The molecule has 0 aliphatic heterocycles. The molecule has 0 saturated heterocycles. The Morgan fingerprint density at radius 3 is 2.64 bits per heavy atom. The van der Waals surface area contributed by atoms with Gasteiger partial charge in [-0.1, -0.05) is 48.8 Å². The highest BCUT2D eigenvalue weighted by atomic mass is 35.5. The van der Waals surface area contributed by atoms with Crippen molar-refractivity contribution < 1.29 is 9.59 Å². The molecule has 0 atom stereocenters. The SMILES string of the molecule is CC(C)Cn1c(SCC(=O)NC(N)=O)nnc1-c1ccc(Cl)cc1Cl. The van der Waals surface area contributed by atoms with Crippen LogP contribution in [0.5, 0.6) is 0 Å². The molecule has 10 heteroatoms. The zero-order chi connectivity index (χ0) is 18.6. The quantitative estimate of drug-likeness (QED) is 0.723. The maximum atomic E-state index is 11.6. The third-order valence-corrected chi connectivity index (χ3v) is 4.55. The fourth-order valence-corrected chi connectivity index (χ4v) is 3.34. The van der Waals surface area contributed by atoms with Crippen LogP contribution in [0.25, 0.3) is 11.4 Å². The molecule has 2 rings (SSSR count). The molecule has 0 saturated carbocycles. The van der Waals surface area contributed by atoms with Crippen molar-refractivity contribution in [2.24, 2.45) is 11.7 Å². The minimum Gasteiger partial charge on any atom is -0.351 e. The van der Waals surface area contributed by atoms with E-state index >= 15 is 0 Å². The highest BCUT2D eigenvalue weighted by Crippen LogP contribution is 2.31. The summed E-state index contributed by atoms with van der Waals surface area (Å²) in [6.07, 6.45) is 0. The van der Waals surface area contributed by atoms with Crippen LogP contribution in [0.2, 0.25) is 10.0 Å². The van der Waals surface area contributed by atoms with E-state index in [-0.39, 0.29) is 5.75 Å². The van der Waals surface area contributed by atoms with Crippen molar-refractivity contribution in [3.05, 3.63) is 28.2 Å². The molecule has 0 aliphatic carbocycles. The molecule has 3 amide bonds. The summed E-state index contributed by atoms with van der Waals surface area (Å²) in [6, 6.07) is 4.26. The summed E-state index contributed by atoms with van der Waals surface area (Å²) in [4.78, 5) is 22.3. The summed E-state index contributed by atoms with van der Waals surface area (Å²) >= 11 is 13.4. The number of benzene rings is 1. The van der Waals surface area contributed by atoms with Crippen molar-refractivity contribution in [2.75, 3.05) is 5.75 Å². The van der Waals surface area contributed by atoms with Gasteiger partial charge in [0.15, 0.2) is 11.0 Å². The standard InChI is InChI=1S/C15H17Cl2N5O2S/c1-8(2)6-22-13(10-4-3-9(16)5-11(10)17)20-21-15(22)25-7-12(23)19-14(18)24/h3-5,8H,6-7H2,1-2H3,(H3,18,19,23,24). The maximum absolute atomic E-state index is 11.6. The maximum Gasteiger partial charge on any atom is 0.318 e. The molecule has 1 aromatic heterocycles. The number of urea groups is 1. The lowest BCUT2D eigenvalue weighted by molar-refractivity contribution is -0.117. The van der Waals surface area contributed by atoms with Crippen LogP contribution < -0.4 is 11.1 Å². The highest BCUT2D eigenvalue weighted by Gasteiger charge is 2.18. The lowest BCUT2D eigenvalue weighted by Gasteiger charge is -2.13. The monoisotopic (exact) mass is 401 g/mol. The number of thioether (sulfide) groups is 1. The van der Waals surface area contributed by atoms with Gasteiger partial charge in [-0.3, -0.25) is 10.1 Å². The van der Waals surface area contributed by atoms with E-state index in [0.717, 1.165) is 11.8 Å². The first-order chi connectivity index (χ1) is 11.8. The van der Waals surface area contributed by atoms with E-state index < -0.39 is 11.9 Å². The summed E-state index contributed by atoms with van der Waals surface area (Å²) in [6.45, 7) is 4.75. The lowest BCUT2D eigenvalue weighted by atomic mass is 10.2. The molecule has 2 aromatic rings. The van der Waals surface area contributed by atoms with E-state index in [4.69, 9.17) is 28.9 Å². The van der Waals surface area contributed by atoms with Crippen LogP contribution in [0.4, 0.5) is 4.79 Å². The second-order valence-electron chi connectivity index (χ2n) is 5.64. The zero-order valence-electron chi connectivity index (χ0n) is 13.6. The predicted molar refractivity (Wildman–Crippen MR) is 98.8 cm³/mol. The Morgan fingerprint density at radius 1 is 1.32 bits per heavy atom. The van der Waals surface area contributed by atoms with Gasteiger partial charge in [-0.05, 0) is 24.1 Å². The first-order valence-electron chi connectivity index (χ1n) is 7.38. The number of primary amides is 1. The average molecular weight is 402 g/mol. The van der Waals surface area contributed by atoms with Gasteiger partial charge in [-0.2, -0.15) is 0 Å². The number of carbonyl (C=O) groups is 2. The van der Waals surface area contributed by atoms with Gasteiger partial charge in [0.25, 0.3) is 0 Å². The minimum absolute atomic E-state index is 0.00643. The van der Waals surface area contributed by atoms with Crippen molar-refractivity contribution in [3.63, 3.8) is 0 Å². The van der Waals surface area contributed by atoms with Crippen LogP contribution in [0.3, 0.4) is 0 Å². The van der Waals surface area contributed by atoms with Gasteiger partial charge in [-0.25, -0.2) is 4.79 Å². The number of carbonyl (C=O) groups excluding carboxylic acids is 2. The molecular formula is C15H17Cl2N5O2S. The summed E-state index contributed by atoms with van der Waals surface area (Å²) in [5, 5.41) is 11.9. The number of imide groups is 1. The van der Waals surface area contributed by atoms with Gasteiger partial charge in [-0.15, -0.1) is 10.2 Å². The van der Waals surface area contributed by atoms with Crippen molar-refractivity contribution in [3.8, 4) is 11.4 Å². The van der Waals surface area contributed by atoms with Gasteiger partial charge in [0.1, 0.15) is 0 Å². The number of rotatable bonds is 6. The third-order valence-electron chi connectivity index (χ3n) is 3.03. The lowest BCUT2D eigenvalue weighted by Crippen LogP contribution is -2.36. The van der Waals surface area contributed by atoms with Gasteiger partial charge < -0.3 is 10.3 Å². The summed E-state index contributed by atoms with van der Waals surface area (Å²) in [5.74, 6) is 0.406. The fourth-order valence-electron chi connectivity index (χ4n) is 2.10. The van der Waals surface area contributed by atoms with Crippen molar-refractivity contribution in [1.29, 1.82) is 0 Å². The number of nitrogens with one attached hydrogen (secondary N) is 1. The Balaban J connectivity index is 2.30. The molecule has 7 nitrogen and oxygen atoms in total. The molecule has 1 aromatic carbocycles. The van der Waals surface area contributed by atoms with E-state index in [9.17, 15) is 9.59 Å². The Hall–Kier alpha value is -1.77. The molecule has 0 bridgehead atoms. The molecule has 134 valence electrons. The van der Waals surface area contributed by atoms with Crippen molar-refractivity contribution in [1.82, 2.24) is 20.1 Å². The number of hydrogen-bond acceptors (Lipinski definition) is 5. The predicted octanol–water partition coefficient (Wildman–Crippen LogP) is 3.19. The van der Waals surface area contributed by atoms with Crippen LogP contribution in [0.15, 0.2) is 23.4 Å². The van der Waals surface area contributed by atoms with E-state index in [0.29, 0.717) is 39.1 Å². The van der Waals surface area contributed by atoms with Crippen LogP contribution in [-0.4, -0.2) is 32.5 Å². The zero-order valence-corrected chi connectivity index (χ0v) is 16.0. The number of amides is 3. The Labute approximate surface area is 159 Å². The molecule has 0 unspecified atom stereocenters. The van der Waals surface area contributed by atoms with E-state index in [1.54, 1.807) is 18.2 Å². The van der Waals surface area contributed by atoms with Gasteiger partial charge >= 0.3 is 6.03 Å². The van der Waals surface area contributed by atoms with Crippen LogP contribution in [0.1, 0.15) is 13.8 Å². The molecule has 0 aliphatic rings. The molecule has 0 radical (unpaired) electrons. The van der Waals surface area contributed by atoms with Crippen LogP contribution in [-0.2, 0) is 11.3 Å². The van der Waals surface area contributed by atoms with Crippen molar-refractivity contribution in [2.45, 2.75) is 25.5 Å². The summed E-state index contributed by atoms with van der Waals surface area (Å²) in [5.41, 5.74) is 5.63. The molecule has 25 heavy (non-hydrogen) atoms. The highest BCUT2D eigenvalue weighted by molar-refractivity contribution is 7.99. The Bertz CT molecular complexity index is 794. The number of halogens is 2. The van der Waals surface area contributed by atoms with Crippen molar-refractivity contribution >= 4 is 46.9 Å². The average Bonchev–Trinajstić information content (AvgIpc) is 2.86. The second kappa shape index (κ2) is 8.55. The Kier molecular flexibility index (Phi) is 6.69. The summed E-state index contributed by atoms with van der Waals surface area (Å²) in [7, 11) is 0. The normalized spacial score (nSPS) is 10.9. The van der Waals surface area contributed by atoms with Gasteiger partial charge in [0.2, 0.25) is 5.91 Å². The van der Waals surface area contributed by atoms with E-state index in [1.807, 2.05) is 9.88 Å². The first-order valence-corrected chi connectivity index (χ1v) is 9.12. The summed E-state index contributed by atoms with van der Waals surface area (Å²) < 4.78 is 1.89. The molecule has 1 heterocycles. The molecule has 0 fully saturated rings.